The molecule has 0 unspecified atom stereocenters. The fraction of sp³-hybridized carbons (Fsp3) is 0.240. The zero-order valence-electron chi connectivity index (χ0n) is 18.4. The van der Waals surface area contributed by atoms with Crippen LogP contribution in [0, 0.1) is 12.7 Å². The minimum Gasteiger partial charge on any atom is -0.353 e. The number of fused-ring (bicyclic) bond motifs is 1. The van der Waals surface area contributed by atoms with Crippen molar-refractivity contribution < 1.29 is 9.18 Å². The van der Waals surface area contributed by atoms with Crippen molar-refractivity contribution in [2.24, 2.45) is 0 Å². The Balaban J connectivity index is 1.40. The number of benzene rings is 2. The molecule has 0 aliphatic heterocycles. The highest BCUT2D eigenvalue weighted by Gasteiger charge is 2.17. The molecule has 33 heavy (non-hydrogen) atoms. The van der Waals surface area contributed by atoms with E-state index < -0.39 is 0 Å². The fourth-order valence-electron chi connectivity index (χ4n) is 3.68. The van der Waals surface area contributed by atoms with Gasteiger partial charge in [0.15, 0.2) is 5.16 Å². The van der Waals surface area contributed by atoms with E-state index in [2.05, 4.69) is 27.4 Å². The molecule has 5 nitrogen and oxygen atoms in total. The third-order valence-electron chi connectivity index (χ3n) is 5.31. The Kier molecular flexibility index (Phi) is 7.25. The van der Waals surface area contributed by atoms with Gasteiger partial charge in [-0.05, 0) is 49.9 Å². The summed E-state index contributed by atoms with van der Waals surface area (Å²) in [6, 6.07) is 16.3. The van der Waals surface area contributed by atoms with Gasteiger partial charge in [0, 0.05) is 16.5 Å². The number of aryl methyl sites for hydroxylation is 2. The molecule has 0 saturated heterocycles. The summed E-state index contributed by atoms with van der Waals surface area (Å²) in [5, 5.41) is 3.91. The lowest BCUT2D eigenvalue weighted by molar-refractivity contribution is -0.119. The number of hydrogen-bond acceptors (Lipinski definition) is 5. The lowest BCUT2D eigenvalue weighted by atomic mass is 10.0. The van der Waals surface area contributed by atoms with E-state index in [1.165, 1.54) is 40.8 Å². The average molecular weight is 482 g/mol. The number of thioether (sulfide) groups is 1. The Labute approximate surface area is 199 Å². The summed E-state index contributed by atoms with van der Waals surface area (Å²) < 4.78 is 13.3. The topological polar surface area (TPSA) is 74.8 Å². The van der Waals surface area contributed by atoms with Crippen LogP contribution >= 0.6 is 23.1 Å². The molecule has 2 aromatic heterocycles. The largest absolute Gasteiger partial charge is 0.353 e. The number of hydrogen-bond donors (Lipinski definition) is 2. The first-order valence-electron chi connectivity index (χ1n) is 10.7. The summed E-state index contributed by atoms with van der Waals surface area (Å²) in [4.78, 5) is 34.1. The van der Waals surface area contributed by atoms with Crippen LogP contribution in [0.1, 0.15) is 23.8 Å². The maximum absolute atomic E-state index is 13.3. The standard InChI is InChI=1S/C25H24FN3O2S2/c1-15(8-9-17-6-4-3-5-7-17)27-20(30)14-32-25-28-23(31)22-21(16(2)33-24(22)29-25)18-10-12-19(26)13-11-18/h3-7,10-13,15H,8-9,14H2,1-2H3,(H,27,30)(H,28,29,31)/t15-/m1/s1. The molecule has 8 heteroatoms. The molecule has 170 valence electrons. The van der Waals surface area contributed by atoms with E-state index in [0.29, 0.717) is 15.4 Å². The summed E-state index contributed by atoms with van der Waals surface area (Å²) in [7, 11) is 0. The normalized spacial score (nSPS) is 12.1. The van der Waals surface area contributed by atoms with Crippen LogP contribution < -0.4 is 10.9 Å². The van der Waals surface area contributed by atoms with Crippen molar-refractivity contribution in [3.05, 3.63) is 81.2 Å². The second-order valence-electron chi connectivity index (χ2n) is 7.87. The molecule has 4 rings (SSSR count). The number of rotatable bonds is 8. The van der Waals surface area contributed by atoms with Gasteiger partial charge in [0.05, 0.1) is 11.1 Å². The van der Waals surface area contributed by atoms with E-state index in [9.17, 15) is 14.0 Å². The van der Waals surface area contributed by atoms with Crippen molar-refractivity contribution in [1.82, 2.24) is 15.3 Å². The van der Waals surface area contributed by atoms with Gasteiger partial charge >= 0.3 is 0 Å². The summed E-state index contributed by atoms with van der Waals surface area (Å²) >= 11 is 2.62. The Hall–Kier alpha value is -2.97. The maximum atomic E-state index is 13.3. The number of thiophene rings is 1. The van der Waals surface area contributed by atoms with Crippen LogP contribution in [0.2, 0.25) is 0 Å². The van der Waals surface area contributed by atoms with Crippen molar-refractivity contribution in [3.8, 4) is 11.1 Å². The number of aromatic amines is 1. The van der Waals surface area contributed by atoms with Crippen molar-refractivity contribution in [1.29, 1.82) is 0 Å². The van der Waals surface area contributed by atoms with Crippen LogP contribution in [-0.4, -0.2) is 27.7 Å². The Bertz CT molecular complexity index is 1320. The summed E-state index contributed by atoms with van der Waals surface area (Å²) in [5.41, 5.74) is 2.53. The number of nitrogens with one attached hydrogen (secondary N) is 2. The quantitative estimate of drug-likeness (QED) is 0.264. The molecule has 0 aliphatic rings. The molecule has 0 aliphatic carbocycles. The summed E-state index contributed by atoms with van der Waals surface area (Å²) in [6.45, 7) is 3.91. The van der Waals surface area contributed by atoms with E-state index in [1.54, 1.807) is 12.1 Å². The number of halogens is 1. The SMILES string of the molecule is Cc1sc2nc(SCC(=O)N[C@H](C)CCc3ccccc3)[nH]c(=O)c2c1-c1ccc(F)cc1. The molecular weight excluding hydrogens is 457 g/mol. The van der Waals surface area contributed by atoms with Gasteiger partial charge in [-0.2, -0.15) is 0 Å². The molecule has 0 fully saturated rings. The first kappa shape index (κ1) is 23.2. The van der Waals surface area contributed by atoms with E-state index >= 15 is 0 Å². The number of aromatic nitrogens is 2. The molecule has 0 spiro atoms. The molecule has 0 radical (unpaired) electrons. The van der Waals surface area contributed by atoms with E-state index in [1.807, 2.05) is 32.0 Å². The second kappa shape index (κ2) is 10.3. The Morgan fingerprint density at radius 1 is 1.18 bits per heavy atom. The molecule has 2 aromatic carbocycles. The maximum Gasteiger partial charge on any atom is 0.260 e. The van der Waals surface area contributed by atoms with Crippen LogP contribution in [-0.2, 0) is 11.2 Å². The minimum atomic E-state index is -0.325. The second-order valence-corrected chi connectivity index (χ2v) is 10.0. The smallest absolute Gasteiger partial charge is 0.260 e. The number of H-pyrrole nitrogens is 1. The fourth-order valence-corrected chi connectivity index (χ4v) is 5.46. The van der Waals surface area contributed by atoms with Crippen LogP contribution in [0.15, 0.2) is 64.5 Å². The van der Waals surface area contributed by atoms with Crippen molar-refractivity contribution in [2.45, 2.75) is 37.9 Å². The third-order valence-corrected chi connectivity index (χ3v) is 7.18. The molecule has 2 heterocycles. The predicted molar refractivity (Wildman–Crippen MR) is 133 cm³/mol. The van der Waals surface area contributed by atoms with Crippen molar-refractivity contribution in [3.63, 3.8) is 0 Å². The predicted octanol–water partition coefficient (Wildman–Crippen LogP) is 5.33. The van der Waals surface area contributed by atoms with Gasteiger partial charge < -0.3 is 10.3 Å². The van der Waals surface area contributed by atoms with Crippen LogP contribution in [0.25, 0.3) is 21.3 Å². The highest BCUT2D eigenvalue weighted by molar-refractivity contribution is 7.99. The summed E-state index contributed by atoms with van der Waals surface area (Å²) in [6.07, 6.45) is 1.75. The van der Waals surface area contributed by atoms with E-state index in [4.69, 9.17) is 0 Å². The summed E-state index contributed by atoms with van der Waals surface area (Å²) in [5.74, 6) is -0.258. The Morgan fingerprint density at radius 2 is 1.91 bits per heavy atom. The highest BCUT2D eigenvalue weighted by atomic mass is 32.2. The first-order chi connectivity index (χ1) is 15.9. The molecule has 0 saturated carbocycles. The zero-order valence-corrected chi connectivity index (χ0v) is 20.0. The molecule has 2 N–H and O–H groups in total. The van der Waals surface area contributed by atoms with E-state index in [0.717, 1.165) is 28.8 Å². The monoisotopic (exact) mass is 481 g/mol. The third kappa shape index (κ3) is 5.69. The van der Waals surface area contributed by atoms with Crippen LogP contribution in [0.5, 0.6) is 0 Å². The first-order valence-corrected chi connectivity index (χ1v) is 12.5. The molecule has 1 amide bonds. The van der Waals surface area contributed by atoms with Crippen LogP contribution in [0.4, 0.5) is 4.39 Å². The lowest BCUT2D eigenvalue weighted by Gasteiger charge is -2.13. The van der Waals surface area contributed by atoms with Gasteiger partial charge in [0.1, 0.15) is 10.6 Å². The Morgan fingerprint density at radius 3 is 2.64 bits per heavy atom. The van der Waals surface area contributed by atoms with Gasteiger partial charge in [-0.15, -0.1) is 11.3 Å². The average Bonchev–Trinajstić information content (AvgIpc) is 3.14. The van der Waals surface area contributed by atoms with Crippen molar-refractivity contribution in [2.75, 3.05) is 5.75 Å². The number of nitrogens with zero attached hydrogens (tertiary/aromatic N) is 1. The number of carbonyl (C=O) groups is 1. The minimum absolute atomic E-state index is 0.0472. The van der Waals surface area contributed by atoms with Gasteiger partial charge in [0.25, 0.3) is 5.56 Å². The molecule has 0 bridgehead atoms. The highest BCUT2D eigenvalue weighted by Crippen LogP contribution is 2.36. The molecule has 1 atom stereocenters. The van der Waals surface area contributed by atoms with Crippen LogP contribution in [0.3, 0.4) is 0 Å². The lowest BCUT2D eigenvalue weighted by Crippen LogP contribution is -2.34. The molecular formula is C25H24FN3O2S2. The number of carbonyl (C=O) groups excluding carboxylic acids is 1. The van der Waals surface area contributed by atoms with Gasteiger partial charge in [-0.1, -0.05) is 54.2 Å². The van der Waals surface area contributed by atoms with Crippen molar-refractivity contribution >= 4 is 39.2 Å². The van der Waals surface area contributed by atoms with Gasteiger partial charge in [0.2, 0.25) is 5.91 Å². The van der Waals surface area contributed by atoms with Gasteiger partial charge in [-0.3, -0.25) is 9.59 Å². The van der Waals surface area contributed by atoms with E-state index in [-0.39, 0.29) is 29.1 Å². The number of amides is 1. The van der Waals surface area contributed by atoms with Gasteiger partial charge in [-0.25, -0.2) is 9.37 Å². The zero-order chi connectivity index (χ0) is 23.4. The molecule has 4 aromatic rings.